The van der Waals surface area contributed by atoms with Crippen LogP contribution < -0.4 is 0 Å². The average molecular weight is 264 g/mol. The first-order valence-corrected chi connectivity index (χ1v) is 7.20. The molecule has 0 saturated carbocycles. The standard InChI is InChI=1S/C19H20O/c1-15(2)18-13-14-19(20-18,16-9-5-3-6-10-16)17-11-7-4-8-12-17/h3-15,18H,1-2H3. The highest BCUT2D eigenvalue weighted by Gasteiger charge is 2.39. The first-order chi connectivity index (χ1) is 9.72. The maximum Gasteiger partial charge on any atom is 0.137 e. The molecule has 1 heteroatoms. The van der Waals surface area contributed by atoms with Crippen LogP contribution in [-0.2, 0) is 10.3 Å². The molecule has 2 aromatic carbocycles. The molecular formula is C19H20O. The molecule has 1 aliphatic rings. The fraction of sp³-hybridized carbons (Fsp3) is 0.263. The summed E-state index contributed by atoms with van der Waals surface area (Å²) in [6, 6.07) is 20.9. The van der Waals surface area contributed by atoms with Crippen LogP contribution in [0.15, 0.2) is 72.8 Å². The third kappa shape index (κ3) is 2.19. The first-order valence-electron chi connectivity index (χ1n) is 7.20. The van der Waals surface area contributed by atoms with E-state index in [9.17, 15) is 0 Å². The van der Waals surface area contributed by atoms with Gasteiger partial charge in [0, 0.05) is 0 Å². The molecule has 0 N–H and O–H groups in total. The number of benzene rings is 2. The summed E-state index contributed by atoms with van der Waals surface area (Å²) in [4.78, 5) is 0. The molecule has 0 saturated heterocycles. The summed E-state index contributed by atoms with van der Waals surface area (Å²) in [5, 5.41) is 0. The Kier molecular flexibility index (Phi) is 3.45. The van der Waals surface area contributed by atoms with Gasteiger partial charge >= 0.3 is 0 Å². The van der Waals surface area contributed by atoms with Crippen molar-refractivity contribution in [1.82, 2.24) is 0 Å². The van der Waals surface area contributed by atoms with Crippen LogP contribution in [-0.4, -0.2) is 6.10 Å². The van der Waals surface area contributed by atoms with Gasteiger partial charge < -0.3 is 4.74 Å². The van der Waals surface area contributed by atoms with Gasteiger partial charge in [-0.1, -0.05) is 80.6 Å². The molecule has 20 heavy (non-hydrogen) atoms. The van der Waals surface area contributed by atoms with Crippen molar-refractivity contribution in [2.75, 3.05) is 0 Å². The van der Waals surface area contributed by atoms with E-state index in [2.05, 4.69) is 74.5 Å². The molecule has 0 aliphatic carbocycles. The van der Waals surface area contributed by atoms with Crippen molar-refractivity contribution in [2.45, 2.75) is 25.6 Å². The fourth-order valence-electron chi connectivity index (χ4n) is 2.75. The molecule has 3 rings (SSSR count). The third-order valence-corrected chi connectivity index (χ3v) is 3.90. The average Bonchev–Trinajstić information content (AvgIpc) is 2.96. The lowest BCUT2D eigenvalue weighted by Gasteiger charge is -2.31. The largest absolute Gasteiger partial charge is 0.354 e. The molecule has 2 aromatic rings. The number of hydrogen-bond acceptors (Lipinski definition) is 1. The topological polar surface area (TPSA) is 9.23 Å². The number of hydrogen-bond donors (Lipinski definition) is 0. The predicted molar refractivity (Wildman–Crippen MR) is 82.5 cm³/mol. The van der Waals surface area contributed by atoms with Gasteiger partial charge in [0.2, 0.25) is 0 Å². The minimum atomic E-state index is -0.447. The lowest BCUT2D eigenvalue weighted by atomic mass is 9.86. The zero-order valence-electron chi connectivity index (χ0n) is 12.0. The molecule has 0 spiro atoms. The van der Waals surface area contributed by atoms with Gasteiger partial charge in [-0.2, -0.15) is 0 Å². The van der Waals surface area contributed by atoms with E-state index in [0.717, 1.165) is 0 Å². The Balaban J connectivity index is 2.09. The van der Waals surface area contributed by atoms with Gasteiger partial charge in [0.25, 0.3) is 0 Å². The number of rotatable bonds is 3. The summed E-state index contributed by atoms with van der Waals surface area (Å²) < 4.78 is 6.47. The van der Waals surface area contributed by atoms with Crippen LogP contribution in [0, 0.1) is 5.92 Å². The lowest BCUT2D eigenvalue weighted by Crippen LogP contribution is -2.30. The van der Waals surface area contributed by atoms with E-state index in [1.807, 2.05) is 12.1 Å². The molecule has 1 atom stereocenters. The monoisotopic (exact) mass is 264 g/mol. The van der Waals surface area contributed by atoms with Crippen molar-refractivity contribution >= 4 is 0 Å². The Morgan fingerprint density at radius 2 is 1.35 bits per heavy atom. The first kappa shape index (κ1) is 13.1. The van der Waals surface area contributed by atoms with E-state index in [1.165, 1.54) is 11.1 Å². The van der Waals surface area contributed by atoms with Crippen molar-refractivity contribution < 1.29 is 4.74 Å². The normalized spacial score (nSPS) is 20.4. The van der Waals surface area contributed by atoms with Crippen molar-refractivity contribution in [1.29, 1.82) is 0 Å². The third-order valence-electron chi connectivity index (χ3n) is 3.90. The SMILES string of the molecule is CC(C)C1C=CC(c2ccccc2)(c2ccccc2)O1. The van der Waals surface area contributed by atoms with Gasteiger partial charge in [-0.15, -0.1) is 0 Å². The smallest absolute Gasteiger partial charge is 0.137 e. The van der Waals surface area contributed by atoms with E-state index >= 15 is 0 Å². The van der Waals surface area contributed by atoms with Crippen molar-refractivity contribution in [2.24, 2.45) is 5.92 Å². The molecule has 1 nitrogen and oxygen atoms in total. The van der Waals surface area contributed by atoms with Crippen molar-refractivity contribution in [3.8, 4) is 0 Å². The maximum atomic E-state index is 6.47. The van der Waals surface area contributed by atoms with E-state index in [1.54, 1.807) is 0 Å². The molecule has 0 amide bonds. The molecule has 0 radical (unpaired) electrons. The zero-order valence-corrected chi connectivity index (χ0v) is 12.0. The Morgan fingerprint density at radius 1 is 0.850 bits per heavy atom. The van der Waals surface area contributed by atoms with Crippen LogP contribution >= 0.6 is 0 Å². The minimum Gasteiger partial charge on any atom is -0.354 e. The second kappa shape index (κ2) is 5.26. The molecule has 0 aromatic heterocycles. The lowest BCUT2D eigenvalue weighted by molar-refractivity contribution is -0.0194. The molecule has 1 heterocycles. The van der Waals surface area contributed by atoms with Crippen LogP contribution in [0.2, 0.25) is 0 Å². The Hall–Kier alpha value is -1.86. The summed E-state index contributed by atoms with van der Waals surface area (Å²) in [6.45, 7) is 4.39. The molecular weight excluding hydrogens is 244 g/mol. The highest BCUT2D eigenvalue weighted by Crippen LogP contribution is 2.41. The van der Waals surface area contributed by atoms with Gasteiger partial charge in [-0.25, -0.2) is 0 Å². The Morgan fingerprint density at radius 3 is 1.75 bits per heavy atom. The van der Waals surface area contributed by atoms with Gasteiger partial charge in [0.05, 0.1) is 6.10 Å². The summed E-state index contributed by atoms with van der Waals surface area (Å²) in [6.07, 6.45) is 4.57. The van der Waals surface area contributed by atoms with Crippen LogP contribution in [0.1, 0.15) is 25.0 Å². The second-order valence-electron chi connectivity index (χ2n) is 5.65. The minimum absolute atomic E-state index is 0.162. The van der Waals surface area contributed by atoms with Crippen molar-refractivity contribution in [3.05, 3.63) is 83.9 Å². The summed E-state index contributed by atoms with van der Waals surface area (Å²) in [7, 11) is 0. The Labute approximate surface area is 120 Å². The molecule has 1 aliphatic heterocycles. The zero-order chi connectivity index (χ0) is 14.0. The highest BCUT2D eigenvalue weighted by atomic mass is 16.5. The van der Waals surface area contributed by atoms with Crippen LogP contribution in [0.4, 0.5) is 0 Å². The molecule has 102 valence electrons. The molecule has 0 bridgehead atoms. The van der Waals surface area contributed by atoms with Crippen molar-refractivity contribution in [3.63, 3.8) is 0 Å². The Bertz CT molecular complexity index is 544. The summed E-state index contributed by atoms with van der Waals surface area (Å²) in [5.41, 5.74) is 1.92. The quantitative estimate of drug-likeness (QED) is 0.739. The fourth-order valence-corrected chi connectivity index (χ4v) is 2.75. The van der Waals surface area contributed by atoms with Gasteiger partial charge in [-0.05, 0) is 23.1 Å². The van der Waals surface area contributed by atoms with Gasteiger partial charge in [0.1, 0.15) is 5.60 Å². The van der Waals surface area contributed by atoms with Crippen LogP contribution in [0.25, 0.3) is 0 Å². The van der Waals surface area contributed by atoms with E-state index in [0.29, 0.717) is 5.92 Å². The molecule has 1 unspecified atom stereocenters. The van der Waals surface area contributed by atoms with Crippen LogP contribution in [0.3, 0.4) is 0 Å². The predicted octanol–water partition coefficient (Wildman–Crippen LogP) is 4.54. The van der Waals surface area contributed by atoms with E-state index in [-0.39, 0.29) is 6.10 Å². The molecule has 0 fully saturated rings. The van der Waals surface area contributed by atoms with Crippen LogP contribution in [0.5, 0.6) is 0 Å². The number of ether oxygens (including phenoxy) is 1. The summed E-state index contributed by atoms with van der Waals surface area (Å²) in [5.74, 6) is 0.473. The highest BCUT2D eigenvalue weighted by molar-refractivity contribution is 5.43. The van der Waals surface area contributed by atoms with E-state index < -0.39 is 5.60 Å². The maximum absolute atomic E-state index is 6.47. The van der Waals surface area contributed by atoms with E-state index in [4.69, 9.17) is 4.74 Å². The van der Waals surface area contributed by atoms with Gasteiger partial charge in [-0.3, -0.25) is 0 Å². The second-order valence-corrected chi connectivity index (χ2v) is 5.65. The van der Waals surface area contributed by atoms with Gasteiger partial charge in [0.15, 0.2) is 0 Å². The summed E-state index contributed by atoms with van der Waals surface area (Å²) >= 11 is 0.